The number of methoxy groups -OCH3 is 1. The molecule has 0 atom stereocenters. The second kappa shape index (κ2) is 6.54. The van der Waals surface area contributed by atoms with Crippen molar-refractivity contribution in [2.75, 3.05) is 7.11 Å². The molecule has 4 nitrogen and oxygen atoms in total. The number of hydrogen-bond donors (Lipinski definition) is 0. The molecule has 98 valence electrons. The molecular formula is C15H15NO3. The first kappa shape index (κ1) is 13.1. The van der Waals surface area contributed by atoms with Gasteiger partial charge in [0.05, 0.1) is 13.5 Å². The third kappa shape index (κ3) is 4.10. The van der Waals surface area contributed by atoms with E-state index < -0.39 is 0 Å². The Kier molecular flexibility index (Phi) is 4.50. The molecule has 0 aliphatic rings. The predicted octanol–water partition coefficient (Wildman–Crippen LogP) is 2.38. The Morgan fingerprint density at radius 2 is 1.95 bits per heavy atom. The summed E-state index contributed by atoms with van der Waals surface area (Å²) in [5, 5.41) is 0. The lowest BCUT2D eigenvalue weighted by Crippen LogP contribution is -2.08. The molecule has 2 rings (SSSR count). The molecule has 0 N–H and O–H groups in total. The first-order valence-corrected chi connectivity index (χ1v) is 5.95. The van der Waals surface area contributed by atoms with Crippen molar-refractivity contribution in [2.45, 2.75) is 13.0 Å². The van der Waals surface area contributed by atoms with Gasteiger partial charge in [-0.3, -0.25) is 9.78 Å². The predicted molar refractivity (Wildman–Crippen MR) is 70.7 cm³/mol. The summed E-state index contributed by atoms with van der Waals surface area (Å²) >= 11 is 0. The number of pyridine rings is 1. The normalized spacial score (nSPS) is 9.95. The zero-order chi connectivity index (χ0) is 13.5. The zero-order valence-corrected chi connectivity index (χ0v) is 10.7. The number of rotatable bonds is 5. The number of benzene rings is 1. The van der Waals surface area contributed by atoms with Gasteiger partial charge in [-0.05, 0) is 29.3 Å². The molecule has 1 heterocycles. The number of ether oxygens (including phenoxy) is 2. The fraction of sp³-hybridized carbons (Fsp3) is 0.200. The number of hydrogen-bond acceptors (Lipinski definition) is 4. The standard InChI is InChI=1S/C15H15NO3/c1-18-14-6-4-12(5-7-14)11-19-15(17)9-13-3-2-8-16-10-13/h2-8,10H,9,11H2,1H3. The molecule has 0 amide bonds. The average molecular weight is 257 g/mol. The summed E-state index contributed by atoms with van der Waals surface area (Å²) in [6.45, 7) is 0.267. The van der Waals surface area contributed by atoms with Crippen molar-refractivity contribution >= 4 is 5.97 Å². The number of esters is 1. The van der Waals surface area contributed by atoms with Gasteiger partial charge in [0, 0.05) is 12.4 Å². The molecule has 0 aliphatic carbocycles. The minimum absolute atomic E-state index is 0.240. The Morgan fingerprint density at radius 1 is 1.16 bits per heavy atom. The highest BCUT2D eigenvalue weighted by molar-refractivity contribution is 5.72. The summed E-state index contributed by atoms with van der Waals surface area (Å²) in [6, 6.07) is 11.1. The van der Waals surface area contributed by atoms with Crippen LogP contribution in [0.2, 0.25) is 0 Å². The van der Waals surface area contributed by atoms with Gasteiger partial charge in [-0.25, -0.2) is 0 Å². The Bertz CT molecular complexity index is 523. The third-order valence-electron chi connectivity index (χ3n) is 2.63. The zero-order valence-electron chi connectivity index (χ0n) is 10.7. The summed E-state index contributed by atoms with van der Waals surface area (Å²) in [6.07, 6.45) is 3.57. The lowest BCUT2D eigenvalue weighted by Gasteiger charge is -2.06. The van der Waals surface area contributed by atoms with E-state index in [1.807, 2.05) is 30.3 Å². The largest absolute Gasteiger partial charge is 0.497 e. The highest BCUT2D eigenvalue weighted by Gasteiger charge is 2.05. The maximum atomic E-state index is 11.6. The fourth-order valence-electron chi connectivity index (χ4n) is 1.61. The van der Waals surface area contributed by atoms with E-state index in [2.05, 4.69) is 4.98 Å². The van der Waals surface area contributed by atoms with Crippen LogP contribution < -0.4 is 4.74 Å². The van der Waals surface area contributed by atoms with Crippen LogP contribution in [0, 0.1) is 0 Å². The molecule has 19 heavy (non-hydrogen) atoms. The van der Waals surface area contributed by atoms with Crippen LogP contribution in [0.1, 0.15) is 11.1 Å². The number of aromatic nitrogens is 1. The second-order valence-corrected chi connectivity index (χ2v) is 4.05. The fourth-order valence-corrected chi connectivity index (χ4v) is 1.61. The van der Waals surface area contributed by atoms with E-state index in [9.17, 15) is 4.79 Å². The van der Waals surface area contributed by atoms with Gasteiger partial charge in [0.15, 0.2) is 0 Å². The van der Waals surface area contributed by atoms with Gasteiger partial charge in [-0.1, -0.05) is 18.2 Å². The highest BCUT2D eigenvalue weighted by Crippen LogP contribution is 2.12. The number of carbonyl (C=O) groups is 1. The maximum absolute atomic E-state index is 11.6. The van der Waals surface area contributed by atoms with Gasteiger partial charge in [-0.15, -0.1) is 0 Å². The molecule has 1 aromatic carbocycles. The second-order valence-electron chi connectivity index (χ2n) is 4.05. The molecule has 0 aliphatic heterocycles. The van der Waals surface area contributed by atoms with Gasteiger partial charge in [0.2, 0.25) is 0 Å². The first-order valence-electron chi connectivity index (χ1n) is 5.95. The van der Waals surface area contributed by atoms with Crippen molar-refractivity contribution in [1.82, 2.24) is 4.98 Å². The summed E-state index contributed by atoms with van der Waals surface area (Å²) in [5.41, 5.74) is 1.78. The summed E-state index contributed by atoms with van der Waals surface area (Å²) in [7, 11) is 1.61. The third-order valence-corrected chi connectivity index (χ3v) is 2.63. The van der Waals surface area contributed by atoms with E-state index in [4.69, 9.17) is 9.47 Å². The van der Waals surface area contributed by atoms with Crippen molar-refractivity contribution in [3.05, 3.63) is 59.9 Å². The minimum Gasteiger partial charge on any atom is -0.497 e. The van der Waals surface area contributed by atoms with E-state index in [0.717, 1.165) is 16.9 Å². The van der Waals surface area contributed by atoms with E-state index in [1.54, 1.807) is 25.6 Å². The van der Waals surface area contributed by atoms with Crippen molar-refractivity contribution in [3.63, 3.8) is 0 Å². The molecule has 0 radical (unpaired) electrons. The molecule has 0 fully saturated rings. The van der Waals surface area contributed by atoms with Crippen molar-refractivity contribution in [1.29, 1.82) is 0 Å². The lowest BCUT2D eigenvalue weighted by molar-refractivity contribution is -0.144. The molecule has 1 aromatic heterocycles. The van der Waals surface area contributed by atoms with Crippen LogP contribution in [0.4, 0.5) is 0 Å². The van der Waals surface area contributed by atoms with E-state index in [1.165, 1.54) is 0 Å². The summed E-state index contributed by atoms with van der Waals surface area (Å²) in [4.78, 5) is 15.6. The Morgan fingerprint density at radius 3 is 2.58 bits per heavy atom. The van der Waals surface area contributed by atoms with E-state index in [-0.39, 0.29) is 19.0 Å². The van der Waals surface area contributed by atoms with Crippen molar-refractivity contribution in [2.24, 2.45) is 0 Å². The number of nitrogens with zero attached hydrogens (tertiary/aromatic N) is 1. The molecule has 0 spiro atoms. The molecule has 0 unspecified atom stereocenters. The van der Waals surface area contributed by atoms with Crippen LogP contribution in [0.25, 0.3) is 0 Å². The number of carbonyl (C=O) groups excluding carboxylic acids is 1. The van der Waals surface area contributed by atoms with E-state index >= 15 is 0 Å². The van der Waals surface area contributed by atoms with Gasteiger partial charge >= 0.3 is 5.97 Å². The smallest absolute Gasteiger partial charge is 0.310 e. The molecule has 2 aromatic rings. The Labute approximate surface area is 112 Å². The Balaban J connectivity index is 1.83. The average Bonchev–Trinajstić information content (AvgIpc) is 2.47. The minimum atomic E-state index is -0.260. The van der Waals surface area contributed by atoms with Gasteiger partial charge in [0.1, 0.15) is 12.4 Å². The van der Waals surface area contributed by atoms with Crippen LogP contribution in [0.3, 0.4) is 0 Å². The quantitative estimate of drug-likeness (QED) is 0.772. The van der Waals surface area contributed by atoms with Crippen LogP contribution >= 0.6 is 0 Å². The Hall–Kier alpha value is -2.36. The molecular weight excluding hydrogens is 242 g/mol. The van der Waals surface area contributed by atoms with Gasteiger partial charge < -0.3 is 9.47 Å². The highest BCUT2D eigenvalue weighted by atomic mass is 16.5. The molecule has 0 bridgehead atoms. The monoisotopic (exact) mass is 257 g/mol. The summed E-state index contributed by atoms with van der Waals surface area (Å²) < 4.78 is 10.3. The molecule has 0 saturated carbocycles. The van der Waals surface area contributed by atoms with E-state index in [0.29, 0.717) is 0 Å². The van der Waals surface area contributed by atoms with Crippen molar-refractivity contribution in [3.8, 4) is 5.75 Å². The van der Waals surface area contributed by atoms with Crippen LogP contribution in [-0.2, 0) is 22.6 Å². The first-order chi connectivity index (χ1) is 9.28. The van der Waals surface area contributed by atoms with Crippen LogP contribution in [0.5, 0.6) is 5.75 Å². The summed E-state index contributed by atoms with van der Waals surface area (Å²) in [5.74, 6) is 0.522. The lowest BCUT2D eigenvalue weighted by atomic mass is 10.2. The topological polar surface area (TPSA) is 48.4 Å². The maximum Gasteiger partial charge on any atom is 0.310 e. The molecule has 4 heteroatoms. The van der Waals surface area contributed by atoms with Gasteiger partial charge in [-0.2, -0.15) is 0 Å². The van der Waals surface area contributed by atoms with Crippen LogP contribution in [-0.4, -0.2) is 18.1 Å². The van der Waals surface area contributed by atoms with Crippen LogP contribution in [0.15, 0.2) is 48.8 Å². The SMILES string of the molecule is COc1ccc(COC(=O)Cc2cccnc2)cc1. The molecule has 0 saturated heterocycles. The van der Waals surface area contributed by atoms with Gasteiger partial charge in [0.25, 0.3) is 0 Å². The van der Waals surface area contributed by atoms with Crippen molar-refractivity contribution < 1.29 is 14.3 Å².